The Labute approximate surface area is 132 Å². The molecule has 6 heteroatoms. The van der Waals surface area contributed by atoms with Gasteiger partial charge < -0.3 is 5.73 Å². The fourth-order valence-electron chi connectivity index (χ4n) is 1.83. The molecule has 2 aromatic carbocycles. The summed E-state index contributed by atoms with van der Waals surface area (Å²) in [6, 6.07) is 13.3. The highest BCUT2D eigenvalue weighted by molar-refractivity contribution is 6.42. The van der Waals surface area contributed by atoms with E-state index in [1.807, 2.05) is 6.07 Å². The molecule has 0 fully saturated rings. The number of primary amides is 1. The number of hydrogen-bond donors (Lipinski definition) is 1. The lowest BCUT2D eigenvalue weighted by Gasteiger charge is -2.21. The third-order valence-corrected chi connectivity index (χ3v) is 3.53. The van der Waals surface area contributed by atoms with Gasteiger partial charge in [0, 0.05) is 11.3 Å². The lowest BCUT2D eigenvalue weighted by atomic mass is 10.1. The van der Waals surface area contributed by atoms with Gasteiger partial charge in [-0.25, -0.2) is 0 Å². The van der Waals surface area contributed by atoms with Crippen LogP contribution in [0.2, 0.25) is 10.0 Å². The minimum absolute atomic E-state index is 0.219. The molecule has 0 aliphatic carbocycles. The van der Waals surface area contributed by atoms with E-state index in [9.17, 15) is 9.59 Å². The Morgan fingerprint density at radius 2 is 1.67 bits per heavy atom. The number of amides is 2. The first-order chi connectivity index (χ1) is 9.99. The van der Waals surface area contributed by atoms with Crippen LogP contribution in [0, 0.1) is 0 Å². The van der Waals surface area contributed by atoms with Crippen molar-refractivity contribution in [3.63, 3.8) is 0 Å². The quantitative estimate of drug-likeness (QED) is 0.939. The maximum Gasteiger partial charge on any atom is 0.258 e. The van der Waals surface area contributed by atoms with E-state index in [1.165, 1.54) is 17.0 Å². The summed E-state index contributed by atoms with van der Waals surface area (Å²) in [5.74, 6) is -0.981. The second kappa shape index (κ2) is 6.61. The molecule has 21 heavy (non-hydrogen) atoms. The molecule has 0 aliphatic heterocycles. The van der Waals surface area contributed by atoms with E-state index in [4.69, 9.17) is 28.9 Å². The number of carbonyl (C=O) groups excluding carboxylic acids is 2. The number of nitrogens with two attached hydrogens (primary N) is 1. The molecule has 0 bridgehead atoms. The highest BCUT2D eigenvalue weighted by Gasteiger charge is 2.20. The summed E-state index contributed by atoms with van der Waals surface area (Å²) in [6.45, 7) is -0.219. The maximum atomic E-state index is 12.6. The third kappa shape index (κ3) is 3.74. The van der Waals surface area contributed by atoms with Gasteiger partial charge in [-0.05, 0) is 30.3 Å². The highest BCUT2D eigenvalue weighted by Crippen LogP contribution is 2.24. The summed E-state index contributed by atoms with van der Waals surface area (Å²) < 4.78 is 0. The third-order valence-electron chi connectivity index (χ3n) is 2.79. The Balaban J connectivity index is 2.38. The maximum absolute atomic E-state index is 12.6. The molecular formula is C15H12Cl2N2O2. The standard InChI is InChI=1S/C15H12Cl2N2O2/c16-12-7-6-10(8-13(12)17)15(21)19(9-14(18)20)11-4-2-1-3-5-11/h1-8H,9H2,(H2,18,20). The molecule has 2 aromatic rings. The van der Waals surface area contributed by atoms with Gasteiger partial charge in [-0.2, -0.15) is 0 Å². The molecule has 0 radical (unpaired) electrons. The summed E-state index contributed by atoms with van der Waals surface area (Å²) in [5.41, 5.74) is 6.13. The second-order valence-electron chi connectivity index (χ2n) is 4.32. The van der Waals surface area contributed by atoms with E-state index in [0.717, 1.165) is 0 Å². The minimum atomic E-state index is -0.604. The molecule has 4 nitrogen and oxygen atoms in total. The van der Waals surface area contributed by atoms with Crippen LogP contribution >= 0.6 is 23.2 Å². The SMILES string of the molecule is NC(=O)CN(C(=O)c1ccc(Cl)c(Cl)c1)c1ccccc1. The molecule has 2 N–H and O–H groups in total. The van der Waals surface area contributed by atoms with Gasteiger partial charge in [0.15, 0.2) is 0 Å². The second-order valence-corrected chi connectivity index (χ2v) is 5.14. The summed E-state index contributed by atoms with van der Waals surface area (Å²) >= 11 is 11.8. The lowest BCUT2D eigenvalue weighted by molar-refractivity contribution is -0.116. The first kappa shape index (κ1) is 15.4. The number of nitrogens with zero attached hydrogens (tertiary/aromatic N) is 1. The van der Waals surface area contributed by atoms with Crippen molar-refractivity contribution < 1.29 is 9.59 Å². The predicted octanol–water partition coefficient (Wildman–Crippen LogP) is 3.13. The van der Waals surface area contributed by atoms with Gasteiger partial charge in [-0.1, -0.05) is 41.4 Å². The summed E-state index contributed by atoms with van der Waals surface area (Å²) in [4.78, 5) is 25.1. The number of benzene rings is 2. The fraction of sp³-hybridized carbons (Fsp3) is 0.0667. The van der Waals surface area contributed by atoms with Crippen LogP contribution in [-0.2, 0) is 4.79 Å². The number of anilines is 1. The van der Waals surface area contributed by atoms with Crippen LogP contribution in [0.15, 0.2) is 48.5 Å². The van der Waals surface area contributed by atoms with Crippen molar-refractivity contribution in [2.75, 3.05) is 11.4 Å². The van der Waals surface area contributed by atoms with Crippen molar-refractivity contribution in [3.8, 4) is 0 Å². The van der Waals surface area contributed by atoms with E-state index in [0.29, 0.717) is 16.3 Å². The van der Waals surface area contributed by atoms with E-state index >= 15 is 0 Å². The number of halogens is 2. The Kier molecular flexibility index (Phi) is 4.83. The molecule has 0 atom stereocenters. The van der Waals surface area contributed by atoms with Crippen molar-refractivity contribution in [1.29, 1.82) is 0 Å². The van der Waals surface area contributed by atoms with Crippen molar-refractivity contribution >= 4 is 40.7 Å². The number of para-hydroxylation sites is 1. The summed E-state index contributed by atoms with van der Waals surface area (Å²) in [6.07, 6.45) is 0. The van der Waals surface area contributed by atoms with Gasteiger partial charge >= 0.3 is 0 Å². The van der Waals surface area contributed by atoms with Crippen LogP contribution in [-0.4, -0.2) is 18.4 Å². The van der Waals surface area contributed by atoms with Crippen LogP contribution in [0.1, 0.15) is 10.4 Å². The molecule has 0 aliphatic rings. The average molecular weight is 323 g/mol. The zero-order chi connectivity index (χ0) is 15.4. The van der Waals surface area contributed by atoms with E-state index in [-0.39, 0.29) is 17.5 Å². The Hall–Kier alpha value is -2.04. The molecular weight excluding hydrogens is 311 g/mol. The molecule has 0 aromatic heterocycles. The van der Waals surface area contributed by atoms with E-state index in [1.54, 1.807) is 30.3 Å². The minimum Gasteiger partial charge on any atom is -0.368 e. The molecule has 0 heterocycles. The van der Waals surface area contributed by atoms with Gasteiger partial charge in [0.05, 0.1) is 10.0 Å². The number of rotatable bonds is 4. The molecule has 2 rings (SSSR count). The van der Waals surface area contributed by atoms with E-state index < -0.39 is 5.91 Å². The van der Waals surface area contributed by atoms with Crippen LogP contribution in [0.5, 0.6) is 0 Å². The lowest BCUT2D eigenvalue weighted by Crippen LogP contribution is -2.38. The highest BCUT2D eigenvalue weighted by atomic mass is 35.5. The first-order valence-corrected chi connectivity index (χ1v) is 6.85. The first-order valence-electron chi connectivity index (χ1n) is 6.09. The smallest absolute Gasteiger partial charge is 0.258 e. The van der Waals surface area contributed by atoms with Crippen molar-refractivity contribution in [2.24, 2.45) is 5.73 Å². The Morgan fingerprint density at radius 1 is 1.00 bits per heavy atom. The summed E-state index contributed by atoms with van der Waals surface area (Å²) in [7, 11) is 0. The average Bonchev–Trinajstić information content (AvgIpc) is 2.47. The molecule has 108 valence electrons. The normalized spacial score (nSPS) is 10.2. The largest absolute Gasteiger partial charge is 0.368 e. The molecule has 0 unspecified atom stereocenters. The number of carbonyl (C=O) groups is 2. The fourth-order valence-corrected chi connectivity index (χ4v) is 2.13. The van der Waals surface area contributed by atoms with Crippen molar-refractivity contribution in [3.05, 3.63) is 64.1 Å². The molecule has 0 spiro atoms. The van der Waals surface area contributed by atoms with Crippen molar-refractivity contribution in [2.45, 2.75) is 0 Å². The van der Waals surface area contributed by atoms with Crippen LogP contribution in [0.3, 0.4) is 0 Å². The van der Waals surface area contributed by atoms with Gasteiger partial charge in [-0.15, -0.1) is 0 Å². The zero-order valence-corrected chi connectivity index (χ0v) is 12.4. The van der Waals surface area contributed by atoms with Gasteiger partial charge in [-0.3, -0.25) is 14.5 Å². The predicted molar refractivity (Wildman–Crippen MR) is 83.8 cm³/mol. The summed E-state index contributed by atoms with van der Waals surface area (Å²) in [5, 5.41) is 0.629. The van der Waals surface area contributed by atoms with Crippen LogP contribution in [0.25, 0.3) is 0 Å². The monoisotopic (exact) mass is 322 g/mol. The zero-order valence-electron chi connectivity index (χ0n) is 10.9. The topological polar surface area (TPSA) is 63.4 Å². The number of hydrogen-bond acceptors (Lipinski definition) is 2. The van der Waals surface area contributed by atoms with Gasteiger partial charge in [0.2, 0.25) is 5.91 Å². The van der Waals surface area contributed by atoms with Gasteiger partial charge in [0.1, 0.15) is 6.54 Å². The Morgan fingerprint density at radius 3 is 2.24 bits per heavy atom. The van der Waals surface area contributed by atoms with Gasteiger partial charge in [0.25, 0.3) is 5.91 Å². The molecule has 0 saturated heterocycles. The van der Waals surface area contributed by atoms with E-state index in [2.05, 4.69) is 0 Å². The molecule has 2 amide bonds. The van der Waals surface area contributed by atoms with Crippen molar-refractivity contribution in [1.82, 2.24) is 0 Å². The Bertz CT molecular complexity index is 675. The van der Waals surface area contributed by atoms with Crippen LogP contribution < -0.4 is 10.6 Å². The van der Waals surface area contributed by atoms with Crippen LogP contribution in [0.4, 0.5) is 5.69 Å². The molecule has 0 saturated carbocycles.